The SMILES string of the molecule is CC1CC(CN)(C(=O)N(C)C(C)(C)CO)C1. The Bertz CT molecular complexity index is 270. The molecule has 94 valence electrons. The first-order chi connectivity index (χ1) is 7.29. The zero-order valence-corrected chi connectivity index (χ0v) is 10.8. The Labute approximate surface area is 97.8 Å². The second-order valence-electron chi connectivity index (χ2n) is 5.83. The minimum Gasteiger partial charge on any atom is -0.394 e. The summed E-state index contributed by atoms with van der Waals surface area (Å²) < 4.78 is 0. The summed E-state index contributed by atoms with van der Waals surface area (Å²) >= 11 is 0. The van der Waals surface area contributed by atoms with E-state index in [0.717, 1.165) is 12.8 Å². The Kier molecular flexibility index (Phi) is 3.65. The highest BCUT2D eigenvalue weighted by Gasteiger charge is 2.50. The number of hydrogen-bond donors (Lipinski definition) is 2. The fourth-order valence-corrected chi connectivity index (χ4v) is 2.44. The predicted octanol–water partition coefficient (Wildman–Crippen LogP) is 0.591. The molecule has 0 saturated heterocycles. The van der Waals surface area contributed by atoms with Crippen LogP contribution in [0.5, 0.6) is 0 Å². The highest BCUT2D eigenvalue weighted by atomic mass is 16.3. The summed E-state index contributed by atoms with van der Waals surface area (Å²) in [6, 6.07) is 0. The van der Waals surface area contributed by atoms with E-state index in [2.05, 4.69) is 6.92 Å². The van der Waals surface area contributed by atoms with Gasteiger partial charge in [-0.1, -0.05) is 6.92 Å². The van der Waals surface area contributed by atoms with Gasteiger partial charge in [0.1, 0.15) is 0 Å². The summed E-state index contributed by atoms with van der Waals surface area (Å²) in [5.74, 6) is 0.658. The average molecular weight is 228 g/mol. The van der Waals surface area contributed by atoms with Gasteiger partial charge in [-0.15, -0.1) is 0 Å². The summed E-state index contributed by atoms with van der Waals surface area (Å²) in [7, 11) is 1.75. The van der Waals surface area contributed by atoms with E-state index in [1.807, 2.05) is 13.8 Å². The van der Waals surface area contributed by atoms with E-state index in [0.29, 0.717) is 12.5 Å². The monoisotopic (exact) mass is 228 g/mol. The van der Waals surface area contributed by atoms with Crippen molar-refractivity contribution in [1.82, 2.24) is 4.90 Å². The molecule has 0 atom stereocenters. The lowest BCUT2D eigenvalue weighted by atomic mass is 9.61. The molecule has 4 heteroatoms. The maximum atomic E-state index is 12.4. The Morgan fingerprint density at radius 3 is 2.38 bits per heavy atom. The molecule has 0 heterocycles. The summed E-state index contributed by atoms with van der Waals surface area (Å²) in [5.41, 5.74) is 4.85. The number of hydrogen-bond acceptors (Lipinski definition) is 3. The molecular weight excluding hydrogens is 204 g/mol. The lowest BCUT2D eigenvalue weighted by molar-refractivity contribution is -0.154. The number of aliphatic hydroxyl groups is 1. The van der Waals surface area contributed by atoms with E-state index in [1.165, 1.54) is 0 Å². The number of likely N-dealkylation sites (N-methyl/N-ethyl adjacent to an activating group) is 1. The molecule has 16 heavy (non-hydrogen) atoms. The van der Waals surface area contributed by atoms with Crippen molar-refractivity contribution in [2.75, 3.05) is 20.2 Å². The normalized spacial score (nSPS) is 29.8. The molecule has 0 bridgehead atoms. The molecule has 0 radical (unpaired) electrons. The van der Waals surface area contributed by atoms with Crippen molar-refractivity contribution in [3.63, 3.8) is 0 Å². The minimum absolute atomic E-state index is 0.0363. The maximum absolute atomic E-state index is 12.4. The van der Waals surface area contributed by atoms with Crippen molar-refractivity contribution in [2.24, 2.45) is 17.1 Å². The largest absolute Gasteiger partial charge is 0.394 e. The first-order valence-corrected chi connectivity index (χ1v) is 5.88. The number of carbonyl (C=O) groups excluding carboxylic acids is 1. The van der Waals surface area contributed by atoms with E-state index in [4.69, 9.17) is 5.73 Å². The molecule has 1 aliphatic rings. The number of amides is 1. The molecule has 0 aromatic heterocycles. The smallest absolute Gasteiger partial charge is 0.230 e. The van der Waals surface area contributed by atoms with Gasteiger partial charge in [0.2, 0.25) is 5.91 Å². The third-order valence-electron chi connectivity index (χ3n) is 3.92. The van der Waals surface area contributed by atoms with Crippen molar-refractivity contribution >= 4 is 5.91 Å². The molecule has 0 aromatic rings. The molecule has 1 aliphatic carbocycles. The number of nitrogens with zero attached hydrogens (tertiary/aromatic N) is 1. The molecule has 1 fully saturated rings. The molecule has 1 amide bonds. The van der Waals surface area contributed by atoms with E-state index < -0.39 is 5.54 Å². The van der Waals surface area contributed by atoms with Gasteiger partial charge < -0.3 is 15.7 Å². The van der Waals surface area contributed by atoms with Crippen molar-refractivity contribution in [3.05, 3.63) is 0 Å². The first-order valence-electron chi connectivity index (χ1n) is 5.88. The fourth-order valence-electron chi connectivity index (χ4n) is 2.44. The molecule has 1 rings (SSSR count). The lowest BCUT2D eigenvalue weighted by Gasteiger charge is -2.49. The van der Waals surface area contributed by atoms with Gasteiger partial charge >= 0.3 is 0 Å². The minimum atomic E-state index is -0.516. The Morgan fingerprint density at radius 2 is 2.06 bits per heavy atom. The molecule has 0 aliphatic heterocycles. The van der Waals surface area contributed by atoms with Gasteiger partial charge in [-0.05, 0) is 32.6 Å². The first kappa shape index (κ1) is 13.5. The summed E-state index contributed by atoms with van der Waals surface area (Å²) in [6.45, 7) is 6.22. The van der Waals surface area contributed by atoms with Gasteiger partial charge in [0.15, 0.2) is 0 Å². The van der Waals surface area contributed by atoms with Crippen LogP contribution in [0.3, 0.4) is 0 Å². The number of carbonyl (C=O) groups is 1. The Morgan fingerprint density at radius 1 is 1.56 bits per heavy atom. The number of rotatable bonds is 4. The molecular formula is C12H24N2O2. The van der Waals surface area contributed by atoms with Gasteiger partial charge in [0.05, 0.1) is 17.6 Å². The molecule has 4 nitrogen and oxygen atoms in total. The molecule has 0 spiro atoms. The predicted molar refractivity (Wildman–Crippen MR) is 63.8 cm³/mol. The van der Waals surface area contributed by atoms with Crippen molar-refractivity contribution < 1.29 is 9.90 Å². The zero-order chi connectivity index (χ0) is 12.6. The lowest BCUT2D eigenvalue weighted by Crippen LogP contribution is -2.59. The van der Waals surface area contributed by atoms with Crippen LogP contribution in [0.4, 0.5) is 0 Å². The van der Waals surface area contributed by atoms with Crippen molar-refractivity contribution in [2.45, 2.75) is 39.2 Å². The Hall–Kier alpha value is -0.610. The van der Waals surface area contributed by atoms with Crippen molar-refractivity contribution in [3.8, 4) is 0 Å². The summed E-state index contributed by atoms with van der Waals surface area (Å²) in [4.78, 5) is 14.0. The maximum Gasteiger partial charge on any atom is 0.230 e. The van der Waals surface area contributed by atoms with Crippen LogP contribution >= 0.6 is 0 Å². The van der Waals surface area contributed by atoms with E-state index in [9.17, 15) is 9.90 Å². The van der Waals surface area contributed by atoms with Gasteiger partial charge in [-0.2, -0.15) is 0 Å². The van der Waals surface area contributed by atoms with E-state index in [-0.39, 0.29) is 17.9 Å². The standard InChI is InChI=1S/C12H24N2O2/c1-9-5-12(6-9,7-13)10(16)14(4)11(2,3)8-15/h9,15H,5-8,13H2,1-4H3. The number of nitrogens with two attached hydrogens (primary N) is 1. The van der Waals surface area contributed by atoms with Crippen LogP contribution in [-0.4, -0.2) is 41.7 Å². The Balaban J connectivity index is 2.77. The van der Waals surface area contributed by atoms with Crippen LogP contribution in [0, 0.1) is 11.3 Å². The summed E-state index contributed by atoms with van der Waals surface area (Å²) in [5, 5.41) is 9.27. The van der Waals surface area contributed by atoms with Crippen LogP contribution in [0.25, 0.3) is 0 Å². The van der Waals surface area contributed by atoms with Crippen LogP contribution in [-0.2, 0) is 4.79 Å². The van der Waals surface area contributed by atoms with Crippen LogP contribution in [0.1, 0.15) is 33.6 Å². The van der Waals surface area contributed by atoms with Gasteiger partial charge in [-0.25, -0.2) is 0 Å². The topological polar surface area (TPSA) is 66.6 Å². The van der Waals surface area contributed by atoms with Gasteiger partial charge in [-0.3, -0.25) is 4.79 Å². The van der Waals surface area contributed by atoms with E-state index in [1.54, 1.807) is 11.9 Å². The number of aliphatic hydroxyl groups excluding tert-OH is 1. The molecule has 1 saturated carbocycles. The molecule has 0 unspecified atom stereocenters. The second-order valence-corrected chi connectivity index (χ2v) is 5.83. The van der Waals surface area contributed by atoms with Crippen LogP contribution in [0.15, 0.2) is 0 Å². The third-order valence-corrected chi connectivity index (χ3v) is 3.92. The second kappa shape index (κ2) is 4.34. The van der Waals surface area contributed by atoms with Gasteiger partial charge in [0, 0.05) is 13.6 Å². The van der Waals surface area contributed by atoms with Crippen LogP contribution in [0.2, 0.25) is 0 Å². The summed E-state index contributed by atoms with van der Waals surface area (Å²) in [6.07, 6.45) is 1.74. The average Bonchev–Trinajstić information content (AvgIpc) is 2.22. The van der Waals surface area contributed by atoms with E-state index >= 15 is 0 Å². The quantitative estimate of drug-likeness (QED) is 0.740. The van der Waals surface area contributed by atoms with Gasteiger partial charge in [0.25, 0.3) is 0 Å². The highest BCUT2D eigenvalue weighted by molar-refractivity contribution is 5.84. The van der Waals surface area contributed by atoms with Crippen LogP contribution < -0.4 is 5.73 Å². The fraction of sp³-hybridized carbons (Fsp3) is 0.917. The molecule has 3 N–H and O–H groups in total. The third kappa shape index (κ3) is 2.09. The van der Waals surface area contributed by atoms with Crippen molar-refractivity contribution in [1.29, 1.82) is 0 Å². The zero-order valence-electron chi connectivity index (χ0n) is 10.8. The molecule has 0 aromatic carbocycles. The highest BCUT2D eigenvalue weighted by Crippen LogP contribution is 2.46.